The first kappa shape index (κ1) is 8.09. The normalized spacial score (nSPS) is 21.1. The van der Waals surface area contributed by atoms with Crippen LogP contribution in [0, 0.1) is 6.92 Å². The predicted molar refractivity (Wildman–Crippen MR) is 51.4 cm³/mol. The number of nitrogens with two attached hydrogens (primary N) is 1. The number of aryl methyl sites for hydroxylation is 1. The number of hydrogen-bond donors (Lipinski definition) is 1. The number of benzene rings is 1. The van der Waals surface area contributed by atoms with Crippen molar-refractivity contribution in [1.82, 2.24) is 0 Å². The molecule has 0 spiro atoms. The lowest BCUT2D eigenvalue weighted by Crippen LogP contribution is -2.04. The summed E-state index contributed by atoms with van der Waals surface area (Å²) in [6.07, 6.45) is 2.08. The van der Waals surface area contributed by atoms with Gasteiger partial charge in [0.2, 0.25) is 0 Å². The van der Waals surface area contributed by atoms with Gasteiger partial charge in [0.05, 0.1) is 0 Å². The molecule has 2 rings (SSSR count). The maximum atomic E-state index is 6.15. The third kappa shape index (κ3) is 1.05. The van der Waals surface area contributed by atoms with Crippen LogP contribution in [0.1, 0.15) is 29.2 Å². The summed E-state index contributed by atoms with van der Waals surface area (Å²) in [5.74, 6) is 0. The van der Waals surface area contributed by atoms with Gasteiger partial charge in [0.1, 0.15) is 0 Å². The SMILES string of the molecule is Cc1ccc2c(c1Cl)CC[C@@H]2N. The van der Waals surface area contributed by atoms with E-state index < -0.39 is 0 Å². The van der Waals surface area contributed by atoms with Crippen molar-refractivity contribution in [3.05, 3.63) is 33.8 Å². The summed E-state index contributed by atoms with van der Waals surface area (Å²) in [5.41, 5.74) is 9.57. The van der Waals surface area contributed by atoms with E-state index in [0.29, 0.717) is 0 Å². The highest BCUT2D eigenvalue weighted by Crippen LogP contribution is 2.35. The van der Waals surface area contributed by atoms with Crippen molar-refractivity contribution < 1.29 is 0 Å². The van der Waals surface area contributed by atoms with E-state index in [-0.39, 0.29) is 6.04 Å². The standard InChI is InChI=1S/C10H12ClN/c1-6-2-3-7-8(10(6)11)4-5-9(7)12/h2-3,9H,4-5,12H2,1H3/t9-/m0/s1. The zero-order valence-corrected chi connectivity index (χ0v) is 7.86. The molecule has 1 nitrogen and oxygen atoms in total. The smallest absolute Gasteiger partial charge is 0.0470 e. The van der Waals surface area contributed by atoms with Crippen LogP contribution in [-0.4, -0.2) is 0 Å². The highest BCUT2D eigenvalue weighted by Gasteiger charge is 2.21. The van der Waals surface area contributed by atoms with E-state index in [4.69, 9.17) is 17.3 Å². The summed E-state index contributed by atoms with van der Waals surface area (Å²) in [7, 11) is 0. The maximum absolute atomic E-state index is 6.15. The Labute approximate surface area is 77.5 Å². The summed E-state index contributed by atoms with van der Waals surface area (Å²) in [6, 6.07) is 4.36. The number of rotatable bonds is 0. The van der Waals surface area contributed by atoms with Gasteiger partial charge in [-0.2, -0.15) is 0 Å². The lowest BCUT2D eigenvalue weighted by Gasteiger charge is -2.07. The van der Waals surface area contributed by atoms with Crippen molar-refractivity contribution in [1.29, 1.82) is 0 Å². The maximum Gasteiger partial charge on any atom is 0.0470 e. The molecular weight excluding hydrogens is 170 g/mol. The fraction of sp³-hybridized carbons (Fsp3) is 0.400. The van der Waals surface area contributed by atoms with Crippen molar-refractivity contribution >= 4 is 11.6 Å². The van der Waals surface area contributed by atoms with Gasteiger partial charge in [-0.25, -0.2) is 0 Å². The Balaban J connectivity index is 2.60. The van der Waals surface area contributed by atoms with E-state index in [2.05, 4.69) is 6.07 Å². The van der Waals surface area contributed by atoms with Crippen LogP contribution < -0.4 is 5.73 Å². The Hall–Kier alpha value is -0.530. The first-order valence-electron chi connectivity index (χ1n) is 4.23. The molecule has 0 radical (unpaired) electrons. The molecule has 1 aliphatic carbocycles. The Bertz CT molecular complexity index is 320. The summed E-state index contributed by atoms with van der Waals surface area (Å²) >= 11 is 6.15. The minimum absolute atomic E-state index is 0.207. The van der Waals surface area contributed by atoms with E-state index in [0.717, 1.165) is 23.4 Å². The van der Waals surface area contributed by atoms with Gasteiger partial charge in [-0.1, -0.05) is 23.7 Å². The monoisotopic (exact) mass is 181 g/mol. The molecule has 64 valence electrons. The minimum atomic E-state index is 0.207. The van der Waals surface area contributed by atoms with Crippen molar-refractivity contribution in [2.45, 2.75) is 25.8 Å². The van der Waals surface area contributed by atoms with Gasteiger partial charge in [0, 0.05) is 11.1 Å². The summed E-state index contributed by atoms with van der Waals surface area (Å²) in [4.78, 5) is 0. The molecule has 1 aliphatic rings. The summed E-state index contributed by atoms with van der Waals surface area (Å²) < 4.78 is 0. The van der Waals surface area contributed by atoms with E-state index in [9.17, 15) is 0 Å². The second-order valence-corrected chi connectivity index (χ2v) is 3.79. The average molecular weight is 182 g/mol. The quantitative estimate of drug-likeness (QED) is 0.654. The number of hydrogen-bond acceptors (Lipinski definition) is 1. The van der Waals surface area contributed by atoms with Crippen LogP contribution in [0.15, 0.2) is 12.1 Å². The summed E-state index contributed by atoms with van der Waals surface area (Å²) in [5, 5.41) is 0.917. The fourth-order valence-electron chi connectivity index (χ4n) is 1.81. The van der Waals surface area contributed by atoms with Gasteiger partial charge in [-0.05, 0) is 36.5 Å². The first-order chi connectivity index (χ1) is 5.70. The van der Waals surface area contributed by atoms with Gasteiger partial charge in [-0.15, -0.1) is 0 Å². The molecule has 0 aliphatic heterocycles. The molecule has 0 unspecified atom stereocenters. The molecular formula is C10H12ClN. The highest BCUT2D eigenvalue weighted by molar-refractivity contribution is 6.32. The fourth-order valence-corrected chi connectivity index (χ4v) is 2.08. The van der Waals surface area contributed by atoms with Gasteiger partial charge in [-0.3, -0.25) is 0 Å². The van der Waals surface area contributed by atoms with Crippen molar-refractivity contribution in [2.24, 2.45) is 5.73 Å². The van der Waals surface area contributed by atoms with Crippen LogP contribution in [0.5, 0.6) is 0 Å². The lowest BCUT2D eigenvalue weighted by atomic mass is 10.1. The van der Waals surface area contributed by atoms with Crippen molar-refractivity contribution in [2.75, 3.05) is 0 Å². The lowest BCUT2D eigenvalue weighted by molar-refractivity contribution is 0.713. The zero-order chi connectivity index (χ0) is 8.72. The Morgan fingerprint density at radius 2 is 2.25 bits per heavy atom. The molecule has 0 aromatic heterocycles. The van der Waals surface area contributed by atoms with E-state index in [1.165, 1.54) is 11.1 Å². The van der Waals surface area contributed by atoms with Crippen LogP contribution in [0.4, 0.5) is 0 Å². The molecule has 1 aromatic rings. The number of halogens is 1. The van der Waals surface area contributed by atoms with Crippen LogP contribution in [-0.2, 0) is 6.42 Å². The predicted octanol–water partition coefficient (Wildman–Crippen LogP) is 2.59. The molecule has 0 heterocycles. The topological polar surface area (TPSA) is 26.0 Å². The molecule has 0 saturated heterocycles. The van der Waals surface area contributed by atoms with Crippen LogP contribution >= 0.6 is 11.6 Å². The Morgan fingerprint density at radius 3 is 3.00 bits per heavy atom. The molecule has 2 heteroatoms. The largest absolute Gasteiger partial charge is 0.324 e. The highest BCUT2D eigenvalue weighted by atomic mass is 35.5. The van der Waals surface area contributed by atoms with Crippen molar-refractivity contribution in [3.63, 3.8) is 0 Å². The molecule has 0 amide bonds. The first-order valence-corrected chi connectivity index (χ1v) is 4.61. The zero-order valence-electron chi connectivity index (χ0n) is 7.10. The average Bonchev–Trinajstić information content (AvgIpc) is 2.41. The van der Waals surface area contributed by atoms with Gasteiger partial charge in [0.25, 0.3) is 0 Å². The van der Waals surface area contributed by atoms with Crippen LogP contribution in [0.3, 0.4) is 0 Å². The van der Waals surface area contributed by atoms with Crippen LogP contribution in [0.2, 0.25) is 5.02 Å². The molecule has 1 atom stereocenters. The van der Waals surface area contributed by atoms with E-state index >= 15 is 0 Å². The molecule has 12 heavy (non-hydrogen) atoms. The molecule has 2 N–H and O–H groups in total. The minimum Gasteiger partial charge on any atom is -0.324 e. The van der Waals surface area contributed by atoms with Crippen molar-refractivity contribution in [3.8, 4) is 0 Å². The Morgan fingerprint density at radius 1 is 1.50 bits per heavy atom. The van der Waals surface area contributed by atoms with Crippen LogP contribution in [0.25, 0.3) is 0 Å². The summed E-state index contributed by atoms with van der Waals surface area (Å²) in [6.45, 7) is 2.03. The molecule has 0 fully saturated rings. The molecule has 0 bridgehead atoms. The third-order valence-electron chi connectivity index (χ3n) is 2.58. The van der Waals surface area contributed by atoms with E-state index in [1.54, 1.807) is 0 Å². The second kappa shape index (κ2) is 2.75. The molecule has 0 saturated carbocycles. The molecule has 1 aromatic carbocycles. The second-order valence-electron chi connectivity index (χ2n) is 3.41. The number of fused-ring (bicyclic) bond motifs is 1. The van der Waals surface area contributed by atoms with Gasteiger partial charge < -0.3 is 5.73 Å². The Kier molecular flexibility index (Phi) is 1.85. The van der Waals surface area contributed by atoms with E-state index in [1.807, 2.05) is 13.0 Å². The van der Waals surface area contributed by atoms with Gasteiger partial charge >= 0.3 is 0 Å². The third-order valence-corrected chi connectivity index (χ3v) is 3.10. The van der Waals surface area contributed by atoms with Gasteiger partial charge in [0.15, 0.2) is 0 Å².